The first-order valence-corrected chi connectivity index (χ1v) is 8.80. The maximum Gasteiger partial charge on any atom is 0.251 e. The van der Waals surface area contributed by atoms with E-state index in [4.69, 9.17) is 0 Å². The molecule has 2 amide bonds. The molecule has 26 heavy (non-hydrogen) atoms. The molecule has 0 bridgehead atoms. The number of benzene rings is 2. The Bertz CT molecular complexity index is 702. The van der Waals surface area contributed by atoms with E-state index in [0.29, 0.717) is 12.1 Å². The SMILES string of the molecule is CC(CC(=O)NC(CN(C)C)c1ccccc1)NC(=O)c1ccccc1. The minimum absolute atomic E-state index is 0.0819. The van der Waals surface area contributed by atoms with Crippen molar-refractivity contribution >= 4 is 11.8 Å². The number of nitrogens with one attached hydrogen (secondary N) is 2. The van der Waals surface area contributed by atoms with Gasteiger partial charge in [0.2, 0.25) is 5.91 Å². The lowest BCUT2D eigenvalue weighted by Crippen LogP contribution is -2.40. The Labute approximate surface area is 155 Å². The van der Waals surface area contributed by atoms with Gasteiger partial charge < -0.3 is 15.5 Å². The summed E-state index contributed by atoms with van der Waals surface area (Å²) in [6, 6.07) is 18.6. The van der Waals surface area contributed by atoms with Crippen LogP contribution in [0.5, 0.6) is 0 Å². The van der Waals surface area contributed by atoms with Crippen molar-refractivity contribution < 1.29 is 9.59 Å². The van der Waals surface area contributed by atoms with Crippen molar-refractivity contribution in [2.45, 2.75) is 25.4 Å². The van der Waals surface area contributed by atoms with Gasteiger partial charge in [-0.2, -0.15) is 0 Å². The highest BCUT2D eigenvalue weighted by atomic mass is 16.2. The Morgan fingerprint density at radius 2 is 1.50 bits per heavy atom. The van der Waals surface area contributed by atoms with E-state index in [1.807, 2.05) is 74.4 Å². The number of hydrogen-bond acceptors (Lipinski definition) is 3. The third-order valence-corrected chi connectivity index (χ3v) is 3.99. The Balaban J connectivity index is 1.91. The van der Waals surface area contributed by atoms with Crippen LogP contribution in [0.1, 0.15) is 35.3 Å². The number of carbonyl (C=O) groups excluding carboxylic acids is 2. The van der Waals surface area contributed by atoms with E-state index in [2.05, 4.69) is 10.6 Å². The molecule has 2 atom stereocenters. The van der Waals surface area contributed by atoms with Crippen molar-refractivity contribution in [2.75, 3.05) is 20.6 Å². The zero-order valence-corrected chi connectivity index (χ0v) is 15.6. The van der Waals surface area contributed by atoms with Crippen LogP contribution >= 0.6 is 0 Å². The van der Waals surface area contributed by atoms with Gasteiger partial charge in [0.1, 0.15) is 0 Å². The van der Waals surface area contributed by atoms with Gasteiger partial charge in [-0.15, -0.1) is 0 Å². The monoisotopic (exact) mass is 353 g/mol. The lowest BCUT2D eigenvalue weighted by molar-refractivity contribution is -0.122. The van der Waals surface area contributed by atoms with E-state index < -0.39 is 0 Å². The lowest BCUT2D eigenvalue weighted by atomic mass is 10.1. The molecule has 2 aromatic carbocycles. The van der Waals surface area contributed by atoms with E-state index in [1.165, 1.54) is 0 Å². The van der Waals surface area contributed by atoms with Gasteiger partial charge in [0.15, 0.2) is 0 Å². The van der Waals surface area contributed by atoms with Crippen LogP contribution in [-0.2, 0) is 4.79 Å². The molecule has 0 aliphatic heterocycles. The summed E-state index contributed by atoms with van der Waals surface area (Å²) >= 11 is 0. The third kappa shape index (κ3) is 6.33. The van der Waals surface area contributed by atoms with E-state index in [9.17, 15) is 9.59 Å². The average molecular weight is 353 g/mol. The van der Waals surface area contributed by atoms with Gasteiger partial charge in [-0.05, 0) is 38.7 Å². The minimum Gasteiger partial charge on any atom is -0.349 e. The number of rotatable bonds is 8. The van der Waals surface area contributed by atoms with Crippen molar-refractivity contribution in [2.24, 2.45) is 0 Å². The molecular weight excluding hydrogens is 326 g/mol. The Morgan fingerprint density at radius 1 is 0.923 bits per heavy atom. The predicted molar refractivity (Wildman–Crippen MR) is 104 cm³/mol. The summed E-state index contributed by atoms with van der Waals surface area (Å²) in [5.74, 6) is -0.250. The van der Waals surface area contributed by atoms with Gasteiger partial charge in [0.25, 0.3) is 5.91 Å². The van der Waals surface area contributed by atoms with Crippen molar-refractivity contribution in [3.8, 4) is 0 Å². The molecule has 5 heteroatoms. The van der Waals surface area contributed by atoms with Gasteiger partial charge >= 0.3 is 0 Å². The van der Waals surface area contributed by atoms with Crippen LogP contribution < -0.4 is 10.6 Å². The van der Waals surface area contributed by atoms with Crippen LogP contribution in [0.25, 0.3) is 0 Å². The highest BCUT2D eigenvalue weighted by Crippen LogP contribution is 2.13. The molecule has 0 fully saturated rings. The molecule has 2 aromatic rings. The van der Waals surface area contributed by atoms with Gasteiger partial charge in [-0.3, -0.25) is 9.59 Å². The largest absolute Gasteiger partial charge is 0.349 e. The van der Waals surface area contributed by atoms with E-state index in [-0.39, 0.29) is 30.3 Å². The average Bonchev–Trinajstić information content (AvgIpc) is 2.62. The lowest BCUT2D eigenvalue weighted by Gasteiger charge is -2.24. The molecule has 0 saturated heterocycles. The molecule has 0 radical (unpaired) electrons. The highest BCUT2D eigenvalue weighted by molar-refractivity contribution is 5.94. The molecule has 5 nitrogen and oxygen atoms in total. The zero-order valence-electron chi connectivity index (χ0n) is 15.6. The first-order chi connectivity index (χ1) is 12.5. The predicted octanol–water partition coefficient (Wildman–Crippen LogP) is 2.61. The fourth-order valence-electron chi connectivity index (χ4n) is 2.76. The summed E-state index contributed by atoms with van der Waals surface area (Å²) < 4.78 is 0. The minimum atomic E-state index is -0.251. The molecule has 0 spiro atoms. The summed E-state index contributed by atoms with van der Waals surface area (Å²) in [7, 11) is 3.95. The van der Waals surface area contributed by atoms with Crippen molar-refractivity contribution in [3.63, 3.8) is 0 Å². The van der Waals surface area contributed by atoms with Crippen LogP contribution in [0.15, 0.2) is 60.7 Å². The summed E-state index contributed by atoms with van der Waals surface area (Å²) in [4.78, 5) is 26.7. The molecule has 0 aliphatic rings. The van der Waals surface area contributed by atoms with Crippen LogP contribution in [-0.4, -0.2) is 43.4 Å². The molecular formula is C21H27N3O2. The number of amides is 2. The molecule has 2 N–H and O–H groups in total. The molecule has 0 aliphatic carbocycles. The van der Waals surface area contributed by atoms with Crippen molar-refractivity contribution in [1.29, 1.82) is 0 Å². The maximum absolute atomic E-state index is 12.5. The van der Waals surface area contributed by atoms with Crippen molar-refractivity contribution in [1.82, 2.24) is 15.5 Å². The van der Waals surface area contributed by atoms with Crippen LogP contribution in [0.4, 0.5) is 0 Å². The first kappa shape index (κ1) is 19.7. The van der Waals surface area contributed by atoms with Crippen molar-refractivity contribution in [3.05, 3.63) is 71.8 Å². The summed E-state index contributed by atoms with van der Waals surface area (Å²) in [6.45, 7) is 2.55. The van der Waals surface area contributed by atoms with Gasteiger partial charge in [0, 0.05) is 24.6 Å². The fourth-order valence-corrected chi connectivity index (χ4v) is 2.76. The van der Waals surface area contributed by atoms with E-state index in [0.717, 1.165) is 5.56 Å². The quantitative estimate of drug-likeness (QED) is 0.767. The van der Waals surface area contributed by atoms with Crippen LogP contribution in [0.3, 0.4) is 0 Å². The number of hydrogen-bond donors (Lipinski definition) is 2. The molecule has 138 valence electrons. The molecule has 2 rings (SSSR count). The Kier molecular flexibility index (Phi) is 7.36. The number of carbonyl (C=O) groups is 2. The molecule has 0 aromatic heterocycles. The molecule has 0 saturated carbocycles. The Hall–Kier alpha value is -2.66. The van der Waals surface area contributed by atoms with Gasteiger partial charge in [-0.25, -0.2) is 0 Å². The number of nitrogens with zero attached hydrogens (tertiary/aromatic N) is 1. The summed E-state index contributed by atoms with van der Waals surface area (Å²) in [5.41, 5.74) is 1.66. The van der Waals surface area contributed by atoms with E-state index in [1.54, 1.807) is 12.1 Å². The summed E-state index contributed by atoms with van der Waals surface area (Å²) in [6.07, 6.45) is 0.231. The summed E-state index contributed by atoms with van der Waals surface area (Å²) in [5, 5.41) is 5.95. The van der Waals surface area contributed by atoms with E-state index >= 15 is 0 Å². The fraction of sp³-hybridized carbons (Fsp3) is 0.333. The van der Waals surface area contributed by atoms with Crippen LogP contribution in [0, 0.1) is 0 Å². The Morgan fingerprint density at radius 3 is 2.08 bits per heavy atom. The van der Waals surface area contributed by atoms with Gasteiger partial charge in [-0.1, -0.05) is 48.5 Å². The smallest absolute Gasteiger partial charge is 0.251 e. The topological polar surface area (TPSA) is 61.4 Å². The second kappa shape index (κ2) is 9.73. The maximum atomic E-state index is 12.5. The standard InChI is InChI=1S/C21H27N3O2/c1-16(22-21(26)18-12-8-5-9-13-18)14-20(25)23-19(15-24(2)3)17-10-6-4-7-11-17/h4-13,16,19H,14-15H2,1-3H3,(H,22,26)(H,23,25). The second-order valence-corrected chi connectivity index (χ2v) is 6.74. The molecule has 2 unspecified atom stereocenters. The molecule has 0 heterocycles. The highest BCUT2D eigenvalue weighted by Gasteiger charge is 2.18. The zero-order chi connectivity index (χ0) is 18.9. The third-order valence-electron chi connectivity index (χ3n) is 3.99. The number of likely N-dealkylation sites (N-methyl/N-ethyl adjacent to an activating group) is 1. The van der Waals surface area contributed by atoms with Crippen LogP contribution in [0.2, 0.25) is 0 Å². The second-order valence-electron chi connectivity index (χ2n) is 6.74. The first-order valence-electron chi connectivity index (χ1n) is 8.80. The normalized spacial score (nSPS) is 13.1. The van der Waals surface area contributed by atoms with Gasteiger partial charge in [0.05, 0.1) is 6.04 Å².